The van der Waals surface area contributed by atoms with Crippen LogP contribution in [0.25, 0.3) is 10.8 Å². The van der Waals surface area contributed by atoms with Gasteiger partial charge in [-0.05, 0) is 87.0 Å². The van der Waals surface area contributed by atoms with Crippen molar-refractivity contribution in [3.05, 3.63) is 90.5 Å². The second-order valence-electron chi connectivity index (χ2n) is 13.6. The first-order valence-electron chi connectivity index (χ1n) is 17.9. The number of sulfonamides is 1. The smallest absolute Gasteiger partial charge is 0.323 e. The summed E-state index contributed by atoms with van der Waals surface area (Å²) in [5.74, 6) is 0.153. The number of nitrogens with zero attached hydrogens (tertiary/aromatic N) is 2. The number of benzene rings is 4. The molecule has 0 aliphatic carbocycles. The zero-order valence-electron chi connectivity index (χ0n) is 30.9. The number of aliphatic hydroxyl groups is 1. The van der Waals surface area contributed by atoms with E-state index in [1.165, 1.54) is 30.6 Å². The van der Waals surface area contributed by atoms with E-state index in [2.05, 4.69) is 10.6 Å². The number of carbonyl (C=O) groups is 2. The maximum absolute atomic E-state index is 14.5. The van der Waals surface area contributed by atoms with E-state index in [0.717, 1.165) is 23.6 Å². The Morgan fingerprint density at radius 3 is 2.49 bits per heavy atom. The molecule has 0 aromatic heterocycles. The number of fused-ring (bicyclic) bond motifs is 2. The number of nitrogens with one attached hydrogen (secondary N) is 2. The van der Waals surface area contributed by atoms with E-state index in [9.17, 15) is 23.1 Å². The van der Waals surface area contributed by atoms with Crippen molar-refractivity contribution in [3.63, 3.8) is 0 Å². The largest absolute Gasteiger partial charge is 0.497 e. The molecule has 284 valence electrons. The number of methoxy groups -OCH3 is 1. The molecule has 0 fully saturated rings. The van der Waals surface area contributed by atoms with E-state index in [0.29, 0.717) is 35.9 Å². The van der Waals surface area contributed by atoms with Gasteiger partial charge in [-0.25, -0.2) is 13.2 Å². The van der Waals surface area contributed by atoms with Crippen molar-refractivity contribution >= 4 is 44.1 Å². The number of carbonyl (C=O) groups excluding carboxylic acids is 2. The maximum Gasteiger partial charge on any atom is 0.323 e. The topological polar surface area (TPSA) is 147 Å². The number of urea groups is 1. The molecule has 1 aliphatic heterocycles. The maximum atomic E-state index is 14.5. The van der Waals surface area contributed by atoms with Gasteiger partial charge in [0, 0.05) is 43.7 Å². The normalized spacial score (nSPS) is 19.5. The minimum absolute atomic E-state index is 0.0427. The van der Waals surface area contributed by atoms with Crippen LogP contribution in [0.3, 0.4) is 0 Å². The Balaban J connectivity index is 1.41. The van der Waals surface area contributed by atoms with Crippen LogP contribution in [0.4, 0.5) is 16.2 Å². The summed E-state index contributed by atoms with van der Waals surface area (Å²) in [6.45, 7) is 5.86. The predicted molar refractivity (Wildman–Crippen MR) is 206 cm³/mol. The molecule has 0 unspecified atom stereocenters. The van der Waals surface area contributed by atoms with Crippen LogP contribution in [-0.2, 0) is 14.8 Å². The fourth-order valence-corrected chi connectivity index (χ4v) is 7.54. The van der Waals surface area contributed by atoms with Gasteiger partial charge in [0.2, 0.25) is 10.0 Å². The van der Waals surface area contributed by atoms with Crippen molar-refractivity contribution in [3.8, 4) is 11.5 Å². The molecule has 0 saturated carbocycles. The summed E-state index contributed by atoms with van der Waals surface area (Å²) < 4.78 is 46.3. The lowest BCUT2D eigenvalue weighted by molar-refractivity contribution is -0.00834. The number of anilines is 2. The number of amides is 3. The van der Waals surface area contributed by atoms with Gasteiger partial charge < -0.3 is 34.9 Å². The van der Waals surface area contributed by atoms with Crippen molar-refractivity contribution in [2.45, 2.75) is 63.2 Å². The highest BCUT2D eigenvalue weighted by Gasteiger charge is 2.32. The van der Waals surface area contributed by atoms with Crippen LogP contribution in [0.1, 0.15) is 50.4 Å². The van der Waals surface area contributed by atoms with E-state index in [1.54, 1.807) is 42.2 Å². The predicted octanol–water partition coefficient (Wildman–Crippen LogP) is 6.61. The lowest BCUT2D eigenvalue weighted by Gasteiger charge is -2.35. The number of likely N-dealkylation sites (N-methyl/N-ethyl adjacent to an activating group) is 1. The molecule has 53 heavy (non-hydrogen) atoms. The number of hydrogen-bond acceptors (Lipinski definition) is 8. The quantitative estimate of drug-likeness (QED) is 0.174. The third-order valence-electron chi connectivity index (χ3n) is 9.55. The molecule has 3 amide bonds. The van der Waals surface area contributed by atoms with Crippen molar-refractivity contribution in [2.75, 3.05) is 51.1 Å². The molecular weight excluding hydrogens is 697 g/mol. The second-order valence-corrected chi connectivity index (χ2v) is 15.6. The average molecular weight is 747 g/mol. The van der Waals surface area contributed by atoms with Crippen LogP contribution in [0.5, 0.6) is 11.5 Å². The number of aliphatic hydroxyl groups excluding tert-OH is 1. The van der Waals surface area contributed by atoms with Crippen LogP contribution in [0.2, 0.25) is 0 Å². The molecule has 12 nitrogen and oxygen atoms in total. The summed E-state index contributed by atoms with van der Waals surface area (Å²) >= 11 is 0. The zero-order valence-corrected chi connectivity index (χ0v) is 31.8. The lowest BCUT2D eigenvalue weighted by atomic mass is 10.0. The molecule has 0 radical (unpaired) electrons. The molecule has 4 aromatic carbocycles. The Hall–Kier alpha value is -4.69. The van der Waals surface area contributed by atoms with Gasteiger partial charge in [0.15, 0.2) is 0 Å². The van der Waals surface area contributed by atoms with Crippen molar-refractivity contribution in [2.24, 2.45) is 5.92 Å². The first-order valence-corrected chi connectivity index (χ1v) is 19.4. The standard InChI is InChI=1S/C40H50N4O8S/c1-27-24-44(28(2)26-45)39(46)35-23-31(41-40(47)42-36-15-10-13-30-12-6-7-14-34(30)36)16-21-37(35)52-29(3)11-8-9-22-51-38(27)25-43(4)53(48,49)33-19-17-32(50-5)18-20-33/h6-7,10,12-21,23,27-29,38,45H,8-9,11,22,24-26H2,1-5H3,(H2,41,42,47)/t27-,28-,29-,38-/m1/s1. The van der Waals surface area contributed by atoms with Gasteiger partial charge in [0.05, 0.1) is 48.1 Å². The molecule has 0 bridgehead atoms. The van der Waals surface area contributed by atoms with Crippen LogP contribution in [-0.4, -0.2) is 93.4 Å². The minimum Gasteiger partial charge on any atom is -0.497 e. The van der Waals surface area contributed by atoms with E-state index < -0.39 is 34.1 Å². The van der Waals surface area contributed by atoms with Crippen LogP contribution >= 0.6 is 0 Å². The van der Waals surface area contributed by atoms with Gasteiger partial charge in [-0.3, -0.25) is 4.79 Å². The van der Waals surface area contributed by atoms with Crippen molar-refractivity contribution < 1.29 is 37.3 Å². The fourth-order valence-electron chi connectivity index (χ4n) is 6.36. The van der Waals surface area contributed by atoms with E-state index in [-0.39, 0.29) is 42.2 Å². The van der Waals surface area contributed by atoms with Gasteiger partial charge >= 0.3 is 6.03 Å². The number of ether oxygens (including phenoxy) is 3. The van der Waals surface area contributed by atoms with Crippen molar-refractivity contribution in [1.29, 1.82) is 0 Å². The first-order chi connectivity index (χ1) is 25.4. The first kappa shape index (κ1) is 39.5. The molecule has 4 aromatic rings. The van der Waals surface area contributed by atoms with Gasteiger partial charge in [0.1, 0.15) is 11.5 Å². The number of rotatable bonds is 9. The van der Waals surface area contributed by atoms with E-state index in [1.807, 2.05) is 56.3 Å². The van der Waals surface area contributed by atoms with E-state index >= 15 is 0 Å². The zero-order chi connectivity index (χ0) is 38.1. The Morgan fingerprint density at radius 1 is 1.02 bits per heavy atom. The molecular formula is C40H50N4O8S. The Kier molecular flexibility index (Phi) is 13.3. The summed E-state index contributed by atoms with van der Waals surface area (Å²) in [6.07, 6.45) is 1.39. The average Bonchev–Trinajstić information content (AvgIpc) is 3.16. The van der Waals surface area contributed by atoms with Gasteiger partial charge in [-0.1, -0.05) is 43.3 Å². The third kappa shape index (κ3) is 9.85. The molecule has 1 heterocycles. The van der Waals surface area contributed by atoms with E-state index in [4.69, 9.17) is 14.2 Å². The van der Waals surface area contributed by atoms with Crippen molar-refractivity contribution in [1.82, 2.24) is 9.21 Å². The Bertz CT molecular complexity index is 1970. The summed E-state index contributed by atoms with van der Waals surface area (Å²) in [4.78, 5) is 29.4. The van der Waals surface area contributed by atoms with Crippen LogP contribution in [0, 0.1) is 5.92 Å². The van der Waals surface area contributed by atoms with Crippen LogP contribution in [0.15, 0.2) is 89.8 Å². The third-order valence-corrected chi connectivity index (χ3v) is 11.4. The molecule has 5 rings (SSSR count). The Morgan fingerprint density at radius 2 is 1.75 bits per heavy atom. The monoisotopic (exact) mass is 746 g/mol. The molecule has 4 atom stereocenters. The van der Waals surface area contributed by atoms with Gasteiger partial charge in [0.25, 0.3) is 5.91 Å². The highest BCUT2D eigenvalue weighted by molar-refractivity contribution is 7.89. The Labute approximate surface area is 312 Å². The second kappa shape index (κ2) is 17.9. The van der Waals surface area contributed by atoms with Gasteiger partial charge in [-0.2, -0.15) is 4.31 Å². The SMILES string of the molecule is COc1ccc(S(=O)(=O)N(C)C[C@H]2OCCCC[C@@H](C)Oc3ccc(NC(=O)Nc4cccc5ccccc45)cc3C(=O)N([C@H](C)CO)C[C@H]2C)cc1. The summed E-state index contributed by atoms with van der Waals surface area (Å²) in [6, 6.07) is 23.5. The summed E-state index contributed by atoms with van der Waals surface area (Å²) in [5, 5.41) is 17.9. The fraction of sp³-hybridized carbons (Fsp3) is 0.400. The molecule has 13 heteroatoms. The molecule has 1 aliphatic rings. The van der Waals surface area contributed by atoms with Crippen LogP contribution < -0.4 is 20.1 Å². The van der Waals surface area contributed by atoms with Gasteiger partial charge in [-0.15, -0.1) is 0 Å². The molecule has 0 saturated heterocycles. The molecule has 0 spiro atoms. The summed E-state index contributed by atoms with van der Waals surface area (Å²) in [5.41, 5.74) is 1.24. The molecule has 3 N–H and O–H groups in total. The highest BCUT2D eigenvalue weighted by atomic mass is 32.2. The highest BCUT2D eigenvalue weighted by Crippen LogP contribution is 2.30. The summed E-state index contributed by atoms with van der Waals surface area (Å²) in [7, 11) is -0.834. The minimum atomic E-state index is -3.87. The number of hydrogen-bond donors (Lipinski definition) is 3. The lowest BCUT2D eigenvalue weighted by Crippen LogP contribution is -2.48.